The minimum absolute atomic E-state index is 0.258. The highest BCUT2D eigenvalue weighted by atomic mass is 19.1. The van der Waals surface area contributed by atoms with Crippen molar-refractivity contribution in [1.82, 2.24) is 20.1 Å². The summed E-state index contributed by atoms with van der Waals surface area (Å²) in [5.74, 6) is 0.142. The first-order valence-corrected chi connectivity index (χ1v) is 9.90. The van der Waals surface area contributed by atoms with Crippen LogP contribution in [0.1, 0.15) is 23.0 Å². The van der Waals surface area contributed by atoms with Crippen molar-refractivity contribution < 1.29 is 13.9 Å². The van der Waals surface area contributed by atoms with Crippen molar-refractivity contribution >= 4 is 5.91 Å². The second-order valence-electron chi connectivity index (χ2n) is 6.80. The van der Waals surface area contributed by atoms with Gasteiger partial charge in [-0.05, 0) is 67.1 Å². The maximum absolute atomic E-state index is 13.4. The standard InChI is InChI=1S/C24H21FN4O2/c1-2-31-21-11-5-17(6-12-21)15-27-24(30)22-14-23(18-4-3-13-26-16-18)29(28-22)20-9-7-19(25)8-10-20/h3-14,16H,2,15H2,1H3,(H,27,30). The molecule has 156 valence electrons. The fourth-order valence-electron chi connectivity index (χ4n) is 3.13. The first kappa shape index (κ1) is 20.3. The lowest BCUT2D eigenvalue weighted by atomic mass is 10.2. The maximum Gasteiger partial charge on any atom is 0.272 e. The molecule has 2 aromatic carbocycles. The number of ether oxygens (including phenoxy) is 1. The first-order chi connectivity index (χ1) is 15.1. The smallest absolute Gasteiger partial charge is 0.272 e. The Morgan fingerprint density at radius 3 is 2.55 bits per heavy atom. The summed E-state index contributed by atoms with van der Waals surface area (Å²) in [5.41, 5.74) is 3.33. The average molecular weight is 416 g/mol. The van der Waals surface area contributed by atoms with Crippen LogP contribution in [0.25, 0.3) is 16.9 Å². The molecule has 4 aromatic rings. The fraction of sp³-hybridized carbons (Fsp3) is 0.125. The Morgan fingerprint density at radius 2 is 1.87 bits per heavy atom. The minimum atomic E-state index is -0.341. The van der Waals surface area contributed by atoms with E-state index in [1.165, 1.54) is 12.1 Å². The molecular formula is C24H21FN4O2. The molecule has 0 aliphatic rings. The quantitative estimate of drug-likeness (QED) is 0.485. The summed E-state index contributed by atoms with van der Waals surface area (Å²) in [4.78, 5) is 16.9. The van der Waals surface area contributed by atoms with Gasteiger partial charge in [0, 0.05) is 24.5 Å². The van der Waals surface area contributed by atoms with Crippen LogP contribution in [-0.2, 0) is 6.54 Å². The Kier molecular flexibility index (Phi) is 6.03. The lowest BCUT2D eigenvalue weighted by Gasteiger charge is -2.07. The molecule has 0 fully saturated rings. The number of hydrogen-bond donors (Lipinski definition) is 1. The van der Waals surface area contributed by atoms with Crippen LogP contribution in [0.3, 0.4) is 0 Å². The summed E-state index contributed by atoms with van der Waals surface area (Å²) in [7, 11) is 0. The van der Waals surface area contributed by atoms with Gasteiger partial charge in [-0.25, -0.2) is 9.07 Å². The van der Waals surface area contributed by atoms with Crippen molar-refractivity contribution in [2.75, 3.05) is 6.61 Å². The number of hydrogen-bond acceptors (Lipinski definition) is 4. The molecule has 0 aliphatic heterocycles. The number of carbonyl (C=O) groups is 1. The van der Waals surface area contributed by atoms with E-state index in [4.69, 9.17) is 4.74 Å². The lowest BCUT2D eigenvalue weighted by Crippen LogP contribution is -2.23. The third-order valence-electron chi connectivity index (χ3n) is 4.66. The zero-order valence-corrected chi connectivity index (χ0v) is 17.0. The number of carbonyl (C=O) groups excluding carboxylic acids is 1. The van der Waals surface area contributed by atoms with Gasteiger partial charge in [0.2, 0.25) is 0 Å². The molecule has 0 radical (unpaired) electrons. The monoisotopic (exact) mass is 416 g/mol. The molecule has 1 amide bonds. The van der Waals surface area contributed by atoms with E-state index in [1.54, 1.807) is 35.3 Å². The predicted octanol–water partition coefficient (Wildman–Crippen LogP) is 4.40. The van der Waals surface area contributed by atoms with Gasteiger partial charge in [-0.3, -0.25) is 9.78 Å². The van der Waals surface area contributed by atoms with Gasteiger partial charge in [0.1, 0.15) is 11.6 Å². The molecule has 6 nitrogen and oxygen atoms in total. The number of amides is 1. The van der Waals surface area contributed by atoms with E-state index >= 15 is 0 Å². The Labute approximate surface area is 179 Å². The maximum atomic E-state index is 13.4. The molecule has 0 bridgehead atoms. The number of halogens is 1. The zero-order chi connectivity index (χ0) is 21.6. The van der Waals surface area contributed by atoms with E-state index in [0.29, 0.717) is 24.5 Å². The van der Waals surface area contributed by atoms with Crippen molar-refractivity contribution in [1.29, 1.82) is 0 Å². The average Bonchev–Trinajstić information content (AvgIpc) is 3.25. The molecule has 0 saturated carbocycles. The SMILES string of the molecule is CCOc1ccc(CNC(=O)c2cc(-c3cccnc3)n(-c3ccc(F)cc3)n2)cc1. The van der Waals surface area contributed by atoms with E-state index < -0.39 is 0 Å². The molecule has 4 rings (SSSR count). The normalized spacial score (nSPS) is 10.6. The molecule has 2 aromatic heterocycles. The van der Waals surface area contributed by atoms with Crippen molar-refractivity contribution in [3.8, 4) is 22.7 Å². The molecule has 2 heterocycles. The zero-order valence-electron chi connectivity index (χ0n) is 17.0. The van der Waals surface area contributed by atoms with Crippen molar-refractivity contribution in [2.24, 2.45) is 0 Å². The van der Waals surface area contributed by atoms with Gasteiger partial charge >= 0.3 is 0 Å². The van der Waals surface area contributed by atoms with Crippen LogP contribution in [0.4, 0.5) is 4.39 Å². The fourth-order valence-corrected chi connectivity index (χ4v) is 3.13. The topological polar surface area (TPSA) is 69.0 Å². The van der Waals surface area contributed by atoms with E-state index in [9.17, 15) is 9.18 Å². The van der Waals surface area contributed by atoms with Crippen LogP contribution in [0.15, 0.2) is 79.1 Å². The van der Waals surface area contributed by atoms with Crippen LogP contribution in [-0.4, -0.2) is 27.3 Å². The molecule has 0 spiro atoms. The van der Waals surface area contributed by atoms with Gasteiger partial charge in [-0.2, -0.15) is 5.10 Å². The lowest BCUT2D eigenvalue weighted by molar-refractivity contribution is 0.0945. The number of benzene rings is 2. The number of aromatic nitrogens is 3. The number of rotatable bonds is 7. The summed E-state index contributed by atoms with van der Waals surface area (Å²) in [6.45, 7) is 2.89. The summed E-state index contributed by atoms with van der Waals surface area (Å²) >= 11 is 0. The molecule has 7 heteroatoms. The van der Waals surface area contributed by atoms with Crippen molar-refractivity contribution in [2.45, 2.75) is 13.5 Å². The molecule has 1 N–H and O–H groups in total. The molecule has 0 aliphatic carbocycles. The third-order valence-corrected chi connectivity index (χ3v) is 4.66. The van der Waals surface area contributed by atoms with Gasteiger partial charge in [0.15, 0.2) is 5.69 Å². The Balaban J connectivity index is 1.57. The number of pyridine rings is 1. The molecular weight excluding hydrogens is 395 g/mol. The van der Waals surface area contributed by atoms with E-state index in [1.807, 2.05) is 43.3 Å². The van der Waals surface area contributed by atoms with Crippen LogP contribution >= 0.6 is 0 Å². The Bertz CT molecular complexity index is 1160. The molecule has 0 atom stereocenters. The largest absolute Gasteiger partial charge is 0.494 e. The van der Waals surface area contributed by atoms with Crippen LogP contribution in [0.2, 0.25) is 0 Å². The summed E-state index contributed by atoms with van der Waals surface area (Å²) < 4.78 is 20.4. The third kappa shape index (κ3) is 4.78. The highest BCUT2D eigenvalue weighted by Gasteiger charge is 2.17. The highest BCUT2D eigenvalue weighted by Crippen LogP contribution is 2.23. The first-order valence-electron chi connectivity index (χ1n) is 9.90. The van der Waals surface area contributed by atoms with Gasteiger partial charge < -0.3 is 10.1 Å². The predicted molar refractivity (Wildman–Crippen MR) is 116 cm³/mol. The van der Waals surface area contributed by atoms with Gasteiger partial charge in [-0.15, -0.1) is 0 Å². The minimum Gasteiger partial charge on any atom is -0.494 e. The summed E-state index contributed by atoms with van der Waals surface area (Å²) in [6, 6.07) is 18.9. The van der Waals surface area contributed by atoms with Crippen LogP contribution < -0.4 is 10.1 Å². The summed E-state index contributed by atoms with van der Waals surface area (Å²) in [5, 5.41) is 7.36. The van der Waals surface area contributed by atoms with Gasteiger partial charge in [0.25, 0.3) is 5.91 Å². The number of nitrogens with one attached hydrogen (secondary N) is 1. The van der Waals surface area contributed by atoms with Crippen LogP contribution in [0, 0.1) is 5.82 Å². The Morgan fingerprint density at radius 1 is 1.10 bits per heavy atom. The van der Waals surface area contributed by atoms with E-state index in [0.717, 1.165) is 16.9 Å². The highest BCUT2D eigenvalue weighted by molar-refractivity contribution is 5.93. The van der Waals surface area contributed by atoms with Gasteiger partial charge in [0.05, 0.1) is 18.0 Å². The van der Waals surface area contributed by atoms with Crippen LogP contribution in [0.5, 0.6) is 5.75 Å². The van der Waals surface area contributed by atoms with Crippen molar-refractivity contribution in [3.63, 3.8) is 0 Å². The molecule has 31 heavy (non-hydrogen) atoms. The summed E-state index contributed by atoms with van der Waals surface area (Å²) in [6.07, 6.45) is 3.37. The Hall–Kier alpha value is -4.00. The van der Waals surface area contributed by atoms with Crippen molar-refractivity contribution in [3.05, 3.63) is 96.2 Å². The second kappa shape index (κ2) is 9.21. The van der Waals surface area contributed by atoms with Gasteiger partial charge in [-0.1, -0.05) is 12.1 Å². The molecule has 0 saturated heterocycles. The van der Waals surface area contributed by atoms with E-state index in [-0.39, 0.29) is 17.4 Å². The second-order valence-corrected chi connectivity index (χ2v) is 6.80. The van der Waals surface area contributed by atoms with E-state index in [2.05, 4.69) is 15.4 Å². The number of nitrogens with zero attached hydrogens (tertiary/aromatic N) is 3. The molecule has 0 unspecified atom stereocenters.